The number of hydrogen-bond donors (Lipinski definition) is 1. The molecule has 0 fully saturated rings. The van der Waals surface area contributed by atoms with E-state index in [4.69, 9.17) is 27.9 Å². The summed E-state index contributed by atoms with van der Waals surface area (Å²) in [6.45, 7) is 1.79. The summed E-state index contributed by atoms with van der Waals surface area (Å²) in [6, 6.07) is 4.73. The molecule has 110 valence electrons. The van der Waals surface area contributed by atoms with Gasteiger partial charge in [-0.3, -0.25) is 9.59 Å². The summed E-state index contributed by atoms with van der Waals surface area (Å²) >= 11 is 11.6. The molecule has 1 amide bonds. The number of carbonyl (C=O) groups excluding carboxylic acids is 2. The van der Waals surface area contributed by atoms with Gasteiger partial charge in [0.25, 0.3) is 5.91 Å². The van der Waals surface area contributed by atoms with Crippen molar-refractivity contribution < 1.29 is 19.1 Å². The molecule has 0 aliphatic carbocycles. The Balaban J connectivity index is 2.45. The third kappa shape index (κ3) is 5.27. The molecule has 0 aliphatic rings. The number of nitrogens with one attached hydrogen (secondary N) is 1. The third-order valence-corrected chi connectivity index (χ3v) is 3.17. The second kappa shape index (κ2) is 7.97. The highest BCUT2D eigenvalue weighted by atomic mass is 35.5. The van der Waals surface area contributed by atoms with Gasteiger partial charge in [-0.2, -0.15) is 0 Å². The average molecular weight is 320 g/mol. The fourth-order valence-corrected chi connectivity index (χ4v) is 1.63. The Morgan fingerprint density at radius 2 is 2.00 bits per heavy atom. The van der Waals surface area contributed by atoms with E-state index in [1.54, 1.807) is 19.1 Å². The van der Waals surface area contributed by atoms with Crippen LogP contribution in [0.2, 0.25) is 10.0 Å². The molecule has 0 saturated carbocycles. The van der Waals surface area contributed by atoms with Crippen molar-refractivity contribution in [2.45, 2.75) is 19.4 Å². The molecule has 1 rings (SSSR count). The van der Waals surface area contributed by atoms with E-state index in [1.165, 1.54) is 13.2 Å². The van der Waals surface area contributed by atoms with Crippen molar-refractivity contribution in [2.75, 3.05) is 13.7 Å². The van der Waals surface area contributed by atoms with E-state index in [2.05, 4.69) is 10.1 Å². The number of methoxy groups -OCH3 is 1. The lowest BCUT2D eigenvalue weighted by Crippen LogP contribution is -2.37. The van der Waals surface area contributed by atoms with E-state index in [-0.39, 0.29) is 24.8 Å². The molecule has 20 heavy (non-hydrogen) atoms. The van der Waals surface area contributed by atoms with Crippen molar-refractivity contribution in [1.82, 2.24) is 5.32 Å². The summed E-state index contributed by atoms with van der Waals surface area (Å²) in [5.74, 6) is -0.279. The van der Waals surface area contributed by atoms with Gasteiger partial charge < -0.3 is 14.8 Å². The molecule has 1 N–H and O–H groups in total. The maximum atomic E-state index is 11.7. The van der Waals surface area contributed by atoms with E-state index >= 15 is 0 Å². The number of rotatable bonds is 6. The van der Waals surface area contributed by atoms with Gasteiger partial charge in [0.05, 0.1) is 23.6 Å². The van der Waals surface area contributed by atoms with E-state index in [0.717, 1.165) is 0 Å². The van der Waals surface area contributed by atoms with Gasteiger partial charge in [0.1, 0.15) is 5.75 Å². The molecule has 0 radical (unpaired) electrons. The van der Waals surface area contributed by atoms with E-state index in [1.807, 2.05) is 0 Å². The maximum Gasteiger partial charge on any atom is 0.307 e. The molecule has 1 unspecified atom stereocenters. The first kappa shape index (κ1) is 16.6. The van der Waals surface area contributed by atoms with Crippen LogP contribution in [0.5, 0.6) is 5.75 Å². The minimum absolute atomic E-state index is 0.113. The Labute approximate surface area is 127 Å². The zero-order valence-corrected chi connectivity index (χ0v) is 12.6. The maximum absolute atomic E-state index is 11.7. The summed E-state index contributed by atoms with van der Waals surface area (Å²) in [5, 5.41) is 3.33. The Morgan fingerprint density at radius 1 is 1.30 bits per heavy atom. The summed E-state index contributed by atoms with van der Waals surface area (Å²) in [4.78, 5) is 22.6. The number of hydrogen-bond acceptors (Lipinski definition) is 4. The van der Waals surface area contributed by atoms with Gasteiger partial charge in [0.2, 0.25) is 0 Å². The number of carbonyl (C=O) groups is 2. The number of amides is 1. The van der Waals surface area contributed by atoms with Crippen LogP contribution in [0, 0.1) is 0 Å². The number of benzene rings is 1. The van der Waals surface area contributed by atoms with Crippen LogP contribution < -0.4 is 10.1 Å². The first-order chi connectivity index (χ1) is 9.43. The molecule has 1 atom stereocenters. The van der Waals surface area contributed by atoms with Crippen LogP contribution in [0.4, 0.5) is 0 Å². The molecule has 0 spiro atoms. The second-order valence-corrected chi connectivity index (χ2v) is 4.77. The Morgan fingerprint density at radius 3 is 2.60 bits per heavy atom. The molecule has 7 heteroatoms. The standard InChI is InChI=1S/C13H15Cl2NO4/c1-8(13(18)16-6-5-12(17)19-2)20-9-3-4-10(14)11(15)7-9/h3-4,7-8H,5-6H2,1-2H3,(H,16,18). The highest BCUT2D eigenvalue weighted by molar-refractivity contribution is 6.42. The largest absolute Gasteiger partial charge is 0.481 e. The lowest BCUT2D eigenvalue weighted by molar-refractivity contribution is -0.140. The molecule has 0 saturated heterocycles. The van der Waals surface area contributed by atoms with Gasteiger partial charge in [-0.1, -0.05) is 23.2 Å². The molecule has 0 heterocycles. The van der Waals surface area contributed by atoms with Crippen molar-refractivity contribution in [1.29, 1.82) is 0 Å². The summed E-state index contributed by atoms with van der Waals surface area (Å²) < 4.78 is 9.89. The fourth-order valence-electron chi connectivity index (χ4n) is 1.34. The van der Waals surface area contributed by atoms with Gasteiger partial charge in [-0.15, -0.1) is 0 Å². The molecule has 0 aromatic heterocycles. The average Bonchev–Trinajstić information content (AvgIpc) is 2.42. The Hall–Kier alpha value is -1.46. The molecule has 0 aliphatic heterocycles. The van der Waals surface area contributed by atoms with Crippen molar-refractivity contribution in [3.63, 3.8) is 0 Å². The highest BCUT2D eigenvalue weighted by Crippen LogP contribution is 2.26. The summed E-state index contributed by atoms with van der Waals surface area (Å²) in [5.41, 5.74) is 0. The highest BCUT2D eigenvalue weighted by Gasteiger charge is 2.15. The normalized spacial score (nSPS) is 11.6. The molecular weight excluding hydrogens is 305 g/mol. The SMILES string of the molecule is COC(=O)CCNC(=O)C(C)Oc1ccc(Cl)c(Cl)c1. The molecule has 0 bridgehead atoms. The fraction of sp³-hybridized carbons (Fsp3) is 0.385. The van der Waals surface area contributed by atoms with Crippen molar-refractivity contribution >= 4 is 35.1 Å². The van der Waals surface area contributed by atoms with Crippen LogP contribution >= 0.6 is 23.2 Å². The van der Waals surface area contributed by atoms with Gasteiger partial charge in [-0.05, 0) is 19.1 Å². The lowest BCUT2D eigenvalue weighted by Gasteiger charge is -2.14. The number of esters is 1. The van der Waals surface area contributed by atoms with Crippen molar-refractivity contribution in [2.24, 2.45) is 0 Å². The summed E-state index contributed by atoms with van der Waals surface area (Å²) in [6.07, 6.45) is -0.605. The van der Waals surface area contributed by atoms with Crippen molar-refractivity contribution in [3.05, 3.63) is 28.2 Å². The van der Waals surface area contributed by atoms with Crippen LogP contribution in [-0.2, 0) is 14.3 Å². The van der Waals surface area contributed by atoms with Gasteiger partial charge in [0.15, 0.2) is 6.10 Å². The summed E-state index contributed by atoms with van der Waals surface area (Å²) in [7, 11) is 1.29. The Kier molecular flexibility index (Phi) is 6.61. The predicted molar refractivity (Wildman–Crippen MR) is 76.2 cm³/mol. The predicted octanol–water partition coefficient (Wildman–Crippen LogP) is 2.44. The van der Waals surface area contributed by atoms with Crippen LogP contribution in [-0.4, -0.2) is 31.6 Å². The minimum Gasteiger partial charge on any atom is -0.481 e. The van der Waals surface area contributed by atoms with E-state index in [9.17, 15) is 9.59 Å². The zero-order valence-electron chi connectivity index (χ0n) is 11.1. The molecule has 5 nitrogen and oxygen atoms in total. The monoisotopic (exact) mass is 319 g/mol. The van der Waals surface area contributed by atoms with Gasteiger partial charge >= 0.3 is 5.97 Å². The topological polar surface area (TPSA) is 64.6 Å². The quantitative estimate of drug-likeness (QED) is 0.818. The molecule has 1 aromatic rings. The van der Waals surface area contributed by atoms with Crippen LogP contribution in [0.3, 0.4) is 0 Å². The van der Waals surface area contributed by atoms with Crippen LogP contribution in [0.25, 0.3) is 0 Å². The van der Waals surface area contributed by atoms with E-state index < -0.39 is 6.10 Å². The van der Waals surface area contributed by atoms with Gasteiger partial charge in [0, 0.05) is 12.6 Å². The first-order valence-electron chi connectivity index (χ1n) is 5.90. The second-order valence-electron chi connectivity index (χ2n) is 3.95. The Bertz CT molecular complexity index is 493. The van der Waals surface area contributed by atoms with Crippen LogP contribution in [0.15, 0.2) is 18.2 Å². The lowest BCUT2D eigenvalue weighted by atomic mass is 10.3. The number of halogens is 2. The molecular formula is C13H15Cl2NO4. The number of ether oxygens (including phenoxy) is 2. The third-order valence-electron chi connectivity index (χ3n) is 2.43. The zero-order chi connectivity index (χ0) is 15.1. The van der Waals surface area contributed by atoms with Crippen molar-refractivity contribution in [3.8, 4) is 5.75 Å². The molecule has 1 aromatic carbocycles. The first-order valence-corrected chi connectivity index (χ1v) is 6.66. The van der Waals surface area contributed by atoms with E-state index in [0.29, 0.717) is 15.8 Å². The smallest absolute Gasteiger partial charge is 0.307 e. The van der Waals surface area contributed by atoms with Gasteiger partial charge in [-0.25, -0.2) is 0 Å². The van der Waals surface area contributed by atoms with Crippen LogP contribution in [0.1, 0.15) is 13.3 Å². The minimum atomic E-state index is -0.718.